The monoisotopic (exact) mass is 236 g/mol. The second-order valence-corrected chi connectivity index (χ2v) is 3.30. The van der Waals surface area contributed by atoms with Crippen molar-refractivity contribution in [3.63, 3.8) is 0 Å². The van der Waals surface area contributed by atoms with E-state index in [4.69, 9.17) is 14.7 Å². The van der Waals surface area contributed by atoms with Gasteiger partial charge in [0.05, 0.1) is 12.8 Å². The molecule has 2 aromatic heterocycles. The minimum Gasteiger partial charge on any atom is -0.459 e. The largest absolute Gasteiger partial charge is 0.459 e. The van der Waals surface area contributed by atoms with Gasteiger partial charge in [-0.3, -0.25) is 4.79 Å². The van der Waals surface area contributed by atoms with Gasteiger partial charge in [-0.2, -0.15) is 4.98 Å². The zero-order valence-electron chi connectivity index (χ0n) is 9.05. The predicted octanol–water partition coefficient (Wildman–Crippen LogP) is 0.0938. The summed E-state index contributed by atoms with van der Waals surface area (Å²) in [7, 11) is 0. The molecule has 0 aliphatic rings. The lowest BCUT2D eigenvalue weighted by molar-refractivity contribution is 0.0918. The van der Waals surface area contributed by atoms with Gasteiger partial charge >= 0.3 is 0 Å². The van der Waals surface area contributed by atoms with Gasteiger partial charge in [-0.05, 0) is 18.7 Å². The van der Waals surface area contributed by atoms with E-state index in [2.05, 4.69) is 15.5 Å². The van der Waals surface area contributed by atoms with Gasteiger partial charge in [0.1, 0.15) is 0 Å². The summed E-state index contributed by atoms with van der Waals surface area (Å²) >= 11 is 0. The molecule has 0 aliphatic heterocycles. The van der Waals surface area contributed by atoms with E-state index in [-0.39, 0.29) is 18.2 Å². The molecule has 7 nitrogen and oxygen atoms in total. The minimum atomic E-state index is -0.325. The lowest BCUT2D eigenvalue weighted by atomic mass is 10.4. The number of amides is 1. The van der Waals surface area contributed by atoms with Gasteiger partial charge in [-0.15, -0.1) is 0 Å². The molecule has 90 valence electrons. The summed E-state index contributed by atoms with van der Waals surface area (Å²) in [6.45, 7) is 0.620. The molecule has 0 fully saturated rings. The Morgan fingerprint density at radius 3 is 3.12 bits per heavy atom. The molecule has 17 heavy (non-hydrogen) atoms. The summed E-state index contributed by atoms with van der Waals surface area (Å²) in [6.07, 6.45) is 1.98. The third-order valence-electron chi connectivity index (χ3n) is 2.02. The molecule has 3 N–H and O–H groups in total. The maximum atomic E-state index is 11.5. The van der Waals surface area contributed by atoms with Crippen LogP contribution in [-0.4, -0.2) is 22.6 Å². The number of carbonyl (C=O) groups is 1. The number of nitrogens with zero attached hydrogens (tertiary/aromatic N) is 2. The van der Waals surface area contributed by atoms with E-state index in [1.807, 2.05) is 0 Å². The van der Waals surface area contributed by atoms with E-state index in [1.54, 1.807) is 12.1 Å². The first-order valence-corrected chi connectivity index (χ1v) is 5.13. The Morgan fingerprint density at radius 1 is 1.53 bits per heavy atom. The fraction of sp³-hybridized carbons (Fsp3) is 0.300. The molecule has 2 aromatic rings. The zero-order valence-corrected chi connectivity index (χ0v) is 9.05. The molecule has 0 spiro atoms. The van der Waals surface area contributed by atoms with Crippen molar-refractivity contribution >= 4 is 5.91 Å². The second kappa shape index (κ2) is 5.26. The average Bonchev–Trinajstić information content (AvgIpc) is 2.97. The van der Waals surface area contributed by atoms with Crippen LogP contribution in [0.15, 0.2) is 27.3 Å². The van der Waals surface area contributed by atoms with Crippen LogP contribution in [0.4, 0.5) is 0 Å². The van der Waals surface area contributed by atoms with Crippen molar-refractivity contribution in [2.24, 2.45) is 5.73 Å². The molecule has 0 aromatic carbocycles. The number of hydrogen-bond donors (Lipinski definition) is 2. The van der Waals surface area contributed by atoms with Crippen molar-refractivity contribution < 1.29 is 13.7 Å². The fourth-order valence-corrected chi connectivity index (χ4v) is 1.24. The van der Waals surface area contributed by atoms with Gasteiger partial charge in [0, 0.05) is 6.42 Å². The maximum Gasteiger partial charge on any atom is 0.287 e. The number of hydrogen-bond acceptors (Lipinski definition) is 6. The van der Waals surface area contributed by atoms with Crippen molar-refractivity contribution in [3.05, 3.63) is 35.9 Å². The number of furan rings is 1. The van der Waals surface area contributed by atoms with Crippen LogP contribution in [0.5, 0.6) is 0 Å². The van der Waals surface area contributed by atoms with E-state index >= 15 is 0 Å². The highest BCUT2D eigenvalue weighted by molar-refractivity contribution is 5.91. The van der Waals surface area contributed by atoms with Crippen LogP contribution in [0.3, 0.4) is 0 Å². The number of aromatic nitrogens is 2. The minimum absolute atomic E-state index is 0.164. The predicted molar refractivity (Wildman–Crippen MR) is 56.9 cm³/mol. The average molecular weight is 236 g/mol. The quantitative estimate of drug-likeness (QED) is 0.762. The molecule has 2 rings (SSSR count). The smallest absolute Gasteiger partial charge is 0.287 e. The summed E-state index contributed by atoms with van der Waals surface area (Å²) in [4.78, 5) is 15.5. The zero-order chi connectivity index (χ0) is 12.1. The van der Waals surface area contributed by atoms with Crippen LogP contribution >= 0.6 is 0 Å². The summed E-state index contributed by atoms with van der Waals surface area (Å²) in [6, 6.07) is 3.21. The third kappa shape index (κ3) is 2.91. The first-order valence-electron chi connectivity index (χ1n) is 5.13. The molecule has 7 heteroatoms. The Labute approximate surface area is 97.0 Å². The molecule has 0 saturated carbocycles. The molecule has 0 atom stereocenters. The number of nitrogens with one attached hydrogen (secondary N) is 1. The van der Waals surface area contributed by atoms with E-state index < -0.39 is 0 Å². The number of carbonyl (C=O) groups excluding carboxylic acids is 1. The van der Waals surface area contributed by atoms with E-state index in [9.17, 15) is 4.79 Å². The number of rotatable bonds is 5. The van der Waals surface area contributed by atoms with Crippen molar-refractivity contribution in [2.45, 2.75) is 13.0 Å². The van der Waals surface area contributed by atoms with Crippen LogP contribution in [0.2, 0.25) is 0 Å². The Balaban J connectivity index is 1.87. The van der Waals surface area contributed by atoms with Crippen LogP contribution in [0, 0.1) is 0 Å². The molecule has 1 amide bonds. The topological polar surface area (TPSA) is 107 Å². The van der Waals surface area contributed by atoms with Gasteiger partial charge in [0.15, 0.2) is 11.6 Å². The van der Waals surface area contributed by atoms with Gasteiger partial charge in [0.2, 0.25) is 5.89 Å². The first kappa shape index (κ1) is 11.3. The summed E-state index contributed by atoms with van der Waals surface area (Å²) in [5, 5.41) is 6.30. The molecule has 0 unspecified atom stereocenters. The van der Waals surface area contributed by atoms with Crippen molar-refractivity contribution in [1.82, 2.24) is 15.5 Å². The van der Waals surface area contributed by atoms with Gasteiger partial charge in [-0.25, -0.2) is 0 Å². The SMILES string of the molecule is NCCc1noc(CNC(=O)c2ccco2)n1. The highest BCUT2D eigenvalue weighted by Gasteiger charge is 2.10. The van der Waals surface area contributed by atoms with Crippen molar-refractivity contribution in [1.29, 1.82) is 0 Å². The van der Waals surface area contributed by atoms with E-state index in [0.29, 0.717) is 24.7 Å². The second-order valence-electron chi connectivity index (χ2n) is 3.30. The molecule has 0 radical (unpaired) electrons. The van der Waals surface area contributed by atoms with Gasteiger partial charge < -0.3 is 20.0 Å². The Hall–Kier alpha value is -2.15. The maximum absolute atomic E-state index is 11.5. The standard InChI is InChI=1S/C10H12N4O3/c11-4-3-8-13-9(17-14-8)6-12-10(15)7-2-1-5-16-7/h1-2,5H,3-4,6,11H2,(H,12,15). The lowest BCUT2D eigenvalue weighted by Crippen LogP contribution is -2.22. The molecule has 0 bridgehead atoms. The summed E-state index contributed by atoms with van der Waals surface area (Å²) in [5.74, 6) is 0.795. The summed E-state index contributed by atoms with van der Waals surface area (Å²) < 4.78 is 9.86. The number of nitrogens with two attached hydrogens (primary N) is 1. The molecular formula is C10H12N4O3. The van der Waals surface area contributed by atoms with Crippen LogP contribution < -0.4 is 11.1 Å². The first-order chi connectivity index (χ1) is 8.29. The highest BCUT2D eigenvalue weighted by Crippen LogP contribution is 2.01. The van der Waals surface area contributed by atoms with Crippen LogP contribution in [-0.2, 0) is 13.0 Å². The van der Waals surface area contributed by atoms with Gasteiger partial charge in [0.25, 0.3) is 5.91 Å². The van der Waals surface area contributed by atoms with Crippen molar-refractivity contribution in [3.8, 4) is 0 Å². The van der Waals surface area contributed by atoms with E-state index in [1.165, 1.54) is 6.26 Å². The van der Waals surface area contributed by atoms with E-state index in [0.717, 1.165) is 0 Å². The summed E-state index contributed by atoms with van der Waals surface area (Å²) in [5.41, 5.74) is 5.35. The highest BCUT2D eigenvalue weighted by atomic mass is 16.5. The Kier molecular flexibility index (Phi) is 3.51. The molecule has 2 heterocycles. The Bertz CT molecular complexity index is 477. The van der Waals surface area contributed by atoms with Crippen molar-refractivity contribution in [2.75, 3.05) is 6.54 Å². The molecular weight excluding hydrogens is 224 g/mol. The lowest BCUT2D eigenvalue weighted by Gasteiger charge is -1.97. The third-order valence-corrected chi connectivity index (χ3v) is 2.02. The van der Waals surface area contributed by atoms with Gasteiger partial charge in [-0.1, -0.05) is 5.16 Å². The van der Waals surface area contributed by atoms with Crippen LogP contribution in [0.25, 0.3) is 0 Å². The molecule has 0 aliphatic carbocycles. The van der Waals surface area contributed by atoms with Crippen LogP contribution in [0.1, 0.15) is 22.3 Å². The fourth-order valence-electron chi connectivity index (χ4n) is 1.24. The Morgan fingerprint density at radius 2 is 2.41 bits per heavy atom. The normalized spacial score (nSPS) is 10.4. The molecule has 0 saturated heterocycles.